The molecule has 27 heavy (non-hydrogen) atoms. The van der Waals surface area contributed by atoms with Crippen LogP contribution < -0.4 is 10.6 Å². The molecule has 144 valence electrons. The maximum atomic E-state index is 12.8. The zero-order valence-corrected chi connectivity index (χ0v) is 14.9. The molecule has 1 fully saturated rings. The average molecular weight is 400 g/mol. The lowest BCUT2D eigenvalue weighted by molar-refractivity contribution is -0.137. The molecule has 0 radical (unpaired) electrons. The molecule has 1 aliphatic rings. The Kier molecular flexibility index (Phi) is 5.86. The summed E-state index contributed by atoms with van der Waals surface area (Å²) in [4.78, 5) is 16.1. The van der Waals surface area contributed by atoms with Gasteiger partial charge < -0.3 is 15.4 Å². The highest BCUT2D eigenvalue weighted by atomic mass is 35.5. The molecule has 3 rings (SSSR count). The van der Waals surface area contributed by atoms with Crippen LogP contribution >= 0.6 is 11.6 Å². The fourth-order valence-electron chi connectivity index (χ4n) is 2.66. The zero-order chi connectivity index (χ0) is 19.4. The quantitative estimate of drug-likeness (QED) is 0.782. The van der Waals surface area contributed by atoms with Gasteiger partial charge in [-0.25, -0.2) is 4.98 Å². The van der Waals surface area contributed by atoms with Crippen molar-refractivity contribution in [1.29, 1.82) is 0 Å². The number of rotatable bonds is 5. The number of alkyl halides is 3. The van der Waals surface area contributed by atoms with Gasteiger partial charge in [-0.15, -0.1) is 0 Å². The first-order valence-electron chi connectivity index (χ1n) is 8.32. The van der Waals surface area contributed by atoms with E-state index in [9.17, 15) is 18.0 Å². The van der Waals surface area contributed by atoms with Crippen LogP contribution in [0.5, 0.6) is 0 Å². The van der Waals surface area contributed by atoms with Crippen LogP contribution in [-0.4, -0.2) is 30.1 Å². The molecule has 9 heteroatoms. The Morgan fingerprint density at radius 2 is 2.11 bits per heavy atom. The van der Waals surface area contributed by atoms with Crippen LogP contribution in [0.15, 0.2) is 36.5 Å². The lowest BCUT2D eigenvalue weighted by Gasteiger charge is -2.13. The third kappa shape index (κ3) is 5.11. The number of nitrogens with one attached hydrogen (secondary N) is 2. The molecule has 0 bridgehead atoms. The number of ether oxygens (including phenoxy) is 1. The fraction of sp³-hybridized carbons (Fsp3) is 0.333. The van der Waals surface area contributed by atoms with Gasteiger partial charge in [-0.3, -0.25) is 4.79 Å². The van der Waals surface area contributed by atoms with Crippen molar-refractivity contribution in [2.24, 2.45) is 0 Å². The molecule has 1 aromatic carbocycles. The number of pyridine rings is 1. The van der Waals surface area contributed by atoms with Gasteiger partial charge in [0.2, 0.25) is 0 Å². The van der Waals surface area contributed by atoms with Crippen molar-refractivity contribution < 1.29 is 22.7 Å². The molecule has 2 aromatic rings. The van der Waals surface area contributed by atoms with Gasteiger partial charge in [0.15, 0.2) is 0 Å². The molecule has 1 saturated heterocycles. The molecular weight excluding hydrogens is 383 g/mol. The van der Waals surface area contributed by atoms with Gasteiger partial charge in [-0.1, -0.05) is 11.6 Å². The Morgan fingerprint density at radius 3 is 2.74 bits per heavy atom. The highest BCUT2D eigenvalue weighted by Crippen LogP contribution is 2.34. The summed E-state index contributed by atoms with van der Waals surface area (Å²) in [6, 6.07) is 6.03. The second kappa shape index (κ2) is 8.14. The molecule has 0 aliphatic carbocycles. The number of amides is 1. The van der Waals surface area contributed by atoms with Gasteiger partial charge in [0, 0.05) is 13.2 Å². The van der Waals surface area contributed by atoms with Gasteiger partial charge in [0.05, 0.1) is 34.3 Å². The van der Waals surface area contributed by atoms with E-state index >= 15 is 0 Å². The molecule has 0 saturated carbocycles. The summed E-state index contributed by atoms with van der Waals surface area (Å²) in [5, 5.41) is 5.67. The molecule has 1 unspecified atom stereocenters. The second-order valence-electron chi connectivity index (χ2n) is 6.09. The maximum absolute atomic E-state index is 12.8. The van der Waals surface area contributed by atoms with E-state index in [2.05, 4.69) is 15.6 Å². The summed E-state index contributed by atoms with van der Waals surface area (Å²) in [6.45, 7) is 1.12. The van der Waals surface area contributed by atoms with Crippen molar-refractivity contribution in [2.45, 2.75) is 25.1 Å². The van der Waals surface area contributed by atoms with E-state index in [0.717, 1.165) is 25.0 Å². The minimum atomic E-state index is -4.47. The number of hydrogen-bond acceptors (Lipinski definition) is 4. The molecule has 1 amide bonds. The molecule has 2 heterocycles. The van der Waals surface area contributed by atoms with Gasteiger partial charge in [0.1, 0.15) is 5.69 Å². The van der Waals surface area contributed by atoms with Crippen molar-refractivity contribution in [2.75, 3.05) is 18.5 Å². The standard InChI is InChI=1S/C18H17ClF3N3O2/c19-14-5-3-11(18(20,21)22)8-16(14)25-12-4-6-15(23-9-12)17(26)24-10-13-2-1-7-27-13/h3-6,8-9,13,25H,1-2,7,10H2,(H,24,26). The SMILES string of the molecule is O=C(NCC1CCCO1)c1ccc(Nc2cc(C(F)(F)F)ccc2Cl)cn1. The largest absolute Gasteiger partial charge is 0.416 e. The van der Waals surface area contributed by atoms with E-state index in [1.165, 1.54) is 18.3 Å². The van der Waals surface area contributed by atoms with E-state index in [1.54, 1.807) is 6.07 Å². The fourth-order valence-corrected chi connectivity index (χ4v) is 2.82. The van der Waals surface area contributed by atoms with Crippen LogP contribution in [0.3, 0.4) is 0 Å². The van der Waals surface area contributed by atoms with Crippen LogP contribution in [0.25, 0.3) is 0 Å². The van der Waals surface area contributed by atoms with E-state index < -0.39 is 11.7 Å². The summed E-state index contributed by atoms with van der Waals surface area (Å²) in [6.07, 6.45) is -1.19. The predicted octanol–water partition coefficient (Wildman–Crippen LogP) is 4.41. The minimum Gasteiger partial charge on any atom is -0.376 e. The van der Waals surface area contributed by atoms with Crippen molar-refractivity contribution in [1.82, 2.24) is 10.3 Å². The summed E-state index contributed by atoms with van der Waals surface area (Å²) in [5.74, 6) is -0.339. The second-order valence-corrected chi connectivity index (χ2v) is 6.50. The van der Waals surface area contributed by atoms with Crippen LogP contribution in [0, 0.1) is 0 Å². The number of aromatic nitrogens is 1. The zero-order valence-electron chi connectivity index (χ0n) is 14.1. The third-order valence-corrected chi connectivity index (χ3v) is 4.41. The maximum Gasteiger partial charge on any atom is 0.416 e. The summed E-state index contributed by atoms with van der Waals surface area (Å²) >= 11 is 5.96. The van der Waals surface area contributed by atoms with Crippen LogP contribution in [0.4, 0.5) is 24.5 Å². The van der Waals surface area contributed by atoms with Crippen LogP contribution in [-0.2, 0) is 10.9 Å². The van der Waals surface area contributed by atoms with Crippen molar-refractivity contribution in [3.63, 3.8) is 0 Å². The summed E-state index contributed by atoms with van der Waals surface area (Å²) in [5.41, 5.74) is -0.100. The summed E-state index contributed by atoms with van der Waals surface area (Å²) < 4.78 is 43.9. The number of nitrogens with zero attached hydrogens (tertiary/aromatic N) is 1. The van der Waals surface area contributed by atoms with Gasteiger partial charge in [-0.2, -0.15) is 13.2 Å². The Balaban J connectivity index is 1.64. The first-order chi connectivity index (χ1) is 12.8. The highest BCUT2D eigenvalue weighted by molar-refractivity contribution is 6.33. The molecule has 2 N–H and O–H groups in total. The molecule has 5 nitrogen and oxygen atoms in total. The van der Waals surface area contributed by atoms with Crippen LogP contribution in [0.2, 0.25) is 5.02 Å². The first-order valence-corrected chi connectivity index (χ1v) is 8.70. The minimum absolute atomic E-state index is 0.0259. The third-order valence-electron chi connectivity index (χ3n) is 4.08. The summed E-state index contributed by atoms with van der Waals surface area (Å²) in [7, 11) is 0. The van der Waals surface area contributed by atoms with Crippen molar-refractivity contribution in [3.05, 3.63) is 52.8 Å². The normalized spacial score (nSPS) is 17.0. The van der Waals surface area contributed by atoms with Crippen molar-refractivity contribution >= 4 is 28.9 Å². The molecular formula is C18H17ClF3N3O2. The monoisotopic (exact) mass is 399 g/mol. The topological polar surface area (TPSA) is 63.2 Å². The first kappa shape index (κ1) is 19.4. The number of carbonyl (C=O) groups is 1. The smallest absolute Gasteiger partial charge is 0.376 e. The van der Waals surface area contributed by atoms with E-state index in [1.807, 2.05) is 0 Å². The predicted molar refractivity (Wildman–Crippen MR) is 95.3 cm³/mol. The molecule has 1 aromatic heterocycles. The van der Waals surface area contributed by atoms with E-state index in [0.29, 0.717) is 18.8 Å². The Hall–Kier alpha value is -2.32. The molecule has 1 atom stereocenters. The Labute approximate surface area is 158 Å². The Bertz CT molecular complexity index is 806. The molecule has 1 aliphatic heterocycles. The van der Waals surface area contributed by atoms with Gasteiger partial charge in [-0.05, 0) is 43.2 Å². The highest BCUT2D eigenvalue weighted by Gasteiger charge is 2.31. The number of hydrogen-bond donors (Lipinski definition) is 2. The number of anilines is 2. The Morgan fingerprint density at radius 1 is 1.30 bits per heavy atom. The lowest BCUT2D eigenvalue weighted by Crippen LogP contribution is -2.32. The van der Waals surface area contributed by atoms with E-state index in [4.69, 9.17) is 16.3 Å². The average Bonchev–Trinajstić information content (AvgIpc) is 3.15. The van der Waals surface area contributed by atoms with Crippen molar-refractivity contribution in [3.8, 4) is 0 Å². The lowest BCUT2D eigenvalue weighted by atomic mass is 10.2. The van der Waals surface area contributed by atoms with E-state index in [-0.39, 0.29) is 28.4 Å². The van der Waals surface area contributed by atoms with Gasteiger partial charge >= 0.3 is 6.18 Å². The molecule has 0 spiro atoms. The number of benzene rings is 1. The van der Waals surface area contributed by atoms with Crippen LogP contribution in [0.1, 0.15) is 28.9 Å². The number of halogens is 4. The van der Waals surface area contributed by atoms with Gasteiger partial charge in [0.25, 0.3) is 5.91 Å². The number of carbonyl (C=O) groups excluding carboxylic acids is 1.